The maximum Gasteiger partial charge on any atom is 0.430 e. The Morgan fingerprint density at radius 3 is 1.78 bits per heavy atom. The molecule has 0 amide bonds. The van der Waals surface area contributed by atoms with Gasteiger partial charge in [-0.15, -0.1) is 0 Å². The zero-order valence-electron chi connectivity index (χ0n) is 27.4. The normalized spacial score (nSPS) is 28.0. The Balaban J connectivity index is 1.10. The van der Waals surface area contributed by atoms with Gasteiger partial charge in [-0.05, 0) is 86.5 Å². The van der Waals surface area contributed by atoms with Crippen LogP contribution in [-0.4, -0.2) is 36.7 Å². The summed E-state index contributed by atoms with van der Waals surface area (Å²) >= 11 is 0. The molecular weight excluding hydrogens is 630 g/mol. The third-order valence-electron chi connectivity index (χ3n) is 11.5. The van der Waals surface area contributed by atoms with Crippen LogP contribution in [0.4, 0.5) is 26.3 Å². The van der Waals surface area contributed by atoms with Crippen molar-refractivity contribution in [2.24, 2.45) is 23.7 Å². The van der Waals surface area contributed by atoms with Gasteiger partial charge in [0.05, 0.1) is 10.9 Å². The van der Waals surface area contributed by atoms with Crippen molar-refractivity contribution in [1.29, 1.82) is 0 Å². The lowest BCUT2D eigenvalue weighted by atomic mass is 9.50. The quantitative estimate of drug-likeness (QED) is 0.101. The minimum atomic E-state index is -5.89. The highest BCUT2D eigenvalue weighted by Crippen LogP contribution is 2.60. The number of hydrogen-bond donors (Lipinski definition) is 1. The van der Waals surface area contributed by atoms with Crippen molar-refractivity contribution in [1.82, 2.24) is 0 Å². The van der Waals surface area contributed by atoms with Crippen molar-refractivity contribution < 1.29 is 44.0 Å². The first kappa shape index (κ1) is 37.5. The summed E-state index contributed by atoms with van der Waals surface area (Å²) in [5.41, 5.74) is -6.00. The van der Waals surface area contributed by atoms with Gasteiger partial charge in [0.2, 0.25) is 0 Å². The van der Waals surface area contributed by atoms with E-state index in [9.17, 15) is 39.9 Å². The first-order chi connectivity index (χ1) is 21.4. The summed E-state index contributed by atoms with van der Waals surface area (Å²) in [6.07, 6.45) is 3.51. The summed E-state index contributed by atoms with van der Waals surface area (Å²) in [5.74, 6) is 2.10. The highest BCUT2D eigenvalue weighted by molar-refractivity contribution is 7.87. The first-order valence-electron chi connectivity index (χ1n) is 17.3. The van der Waals surface area contributed by atoms with E-state index in [1.54, 1.807) is 0 Å². The van der Waals surface area contributed by atoms with Gasteiger partial charge < -0.3 is 5.11 Å². The molecule has 264 valence electrons. The first-order valence-corrected chi connectivity index (χ1v) is 18.8. The van der Waals surface area contributed by atoms with Crippen LogP contribution in [0.25, 0.3) is 0 Å². The van der Waals surface area contributed by atoms with Crippen LogP contribution < -0.4 is 0 Å². The van der Waals surface area contributed by atoms with E-state index < -0.39 is 44.5 Å². The Hall–Kier alpha value is -1.33. The molecule has 5 unspecified atom stereocenters. The lowest BCUT2D eigenvalue weighted by Crippen LogP contribution is -2.58. The fourth-order valence-electron chi connectivity index (χ4n) is 8.81. The van der Waals surface area contributed by atoms with Crippen molar-refractivity contribution in [3.05, 3.63) is 35.4 Å². The van der Waals surface area contributed by atoms with E-state index in [1.165, 1.54) is 31.4 Å². The van der Waals surface area contributed by atoms with Crippen LogP contribution in [0.1, 0.15) is 141 Å². The second-order valence-electron chi connectivity index (χ2n) is 14.7. The van der Waals surface area contributed by atoms with Gasteiger partial charge >= 0.3 is 12.4 Å². The SMILES string of the molecule is CCC(CCCCCCCCCCC(C)c1ccc(C(O)(C(F)(F)F)C(F)(F)F)cc1)S(=O)(=O)OC12CC3CC(CC(C3)C1C)C2. The molecule has 46 heavy (non-hydrogen) atoms. The third-order valence-corrected chi connectivity index (χ3v) is 13.5. The summed E-state index contributed by atoms with van der Waals surface area (Å²) in [4.78, 5) is 0. The second kappa shape index (κ2) is 14.7. The van der Waals surface area contributed by atoms with Gasteiger partial charge in [-0.25, -0.2) is 0 Å². The van der Waals surface area contributed by atoms with Crippen LogP contribution in [0.15, 0.2) is 24.3 Å². The van der Waals surface area contributed by atoms with Crippen molar-refractivity contribution in [3.63, 3.8) is 0 Å². The zero-order chi connectivity index (χ0) is 34.0. The fourth-order valence-corrected chi connectivity index (χ4v) is 10.6. The number of rotatable bonds is 17. The van der Waals surface area contributed by atoms with E-state index in [1.807, 2.05) is 13.8 Å². The molecule has 0 heterocycles. The topological polar surface area (TPSA) is 63.6 Å². The standard InChI is InChI=1S/C35H52F6O4S/c1-4-31(46(43,44)45-32-22-26-19-27(23-32)21-29(20-26)25(32)3)14-12-10-8-6-5-7-9-11-13-24(2)28-15-17-30(18-16-28)33(42,34(36,37)38)35(39,40)41/h15-18,24-27,29,31,42H,4-14,19-23H2,1-3H3. The molecule has 0 aromatic heterocycles. The maximum atomic E-state index is 13.4. The van der Waals surface area contributed by atoms with Gasteiger partial charge in [0, 0.05) is 5.56 Å². The molecule has 5 atom stereocenters. The Labute approximate surface area is 271 Å². The van der Waals surface area contributed by atoms with Crippen LogP contribution in [0.5, 0.6) is 0 Å². The molecule has 0 radical (unpaired) electrons. The molecule has 0 spiro atoms. The van der Waals surface area contributed by atoms with Crippen molar-refractivity contribution >= 4 is 10.1 Å². The van der Waals surface area contributed by atoms with Gasteiger partial charge in [-0.3, -0.25) is 4.18 Å². The highest BCUT2D eigenvalue weighted by atomic mass is 32.2. The van der Waals surface area contributed by atoms with Crippen molar-refractivity contribution in [2.75, 3.05) is 0 Å². The second-order valence-corrected chi connectivity index (χ2v) is 16.5. The molecule has 0 saturated heterocycles. The maximum absolute atomic E-state index is 13.4. The average Bonchev–Trinajstić information content (AvgIpc) is 2.96. The molecule has 11 heteroatoms. The molecular formula is C35H52F6O4S. The number of unbranched alkanes of at least 4 members (excludes halogenated alkanes) is 7. The van der Waals surface area contributed by atoms with Gasteiger partial charge in [0.15, 0.2) is 0 Å². The Kier molecular flexibility index (Phi) is 11.9. The van der Waals surface area contributed by atoms with Gasteiger partial charge in [0.25, 0.3) is 15.7 Å². The van der Waals surface area contributed by atoms with Gasteiger partial charge in [-0.1, -0.05) is 96.4 Å². The van der Waals surface area contributed by atoms with E-state index in [0.29, 0.717) is 54.2 Å². The highest BCUT2D eigenvalue weighted by Gasteiger charge is 2.71. The summed E-state index contributed by atoms with van der Waals surface area (Å²) < 4.78 is 112. The van der Waals surface area contributed by atoms with E-state index in [4.69, 9.17) is 4.18 Å². The lowest BCUT2D eigenvalue weighted by Gasteiger charge is -2.59. The van der Waals surface area contributed by atoms with Crippen LogP contribution in [0.2, 0.25) is 0 Å². The van der Waals surface area contributed by atoms with Crippen LogP contribution in [0.3, 0.4) is 0 Å². The molecule has 4 aliphatic carbocycles. The lowest BCUT2D eigenvalue weighted by molar-refractivity contribution is -0.376. The van der Waals surface area contributed by atoms with Crippen LogP contribution >= 0.6 is 0 Å². The summed E-state index contributed by atoms with van der Waals surface area (Å²) in [7, 11) is -3.62. The zero-order valence-corrected chi connectivity index (χ0v) is 28.3. The Morgan fingerprint density at radius 2 is 1.30 bits per heavy atom. The molecule has 1 aromatic rings. The molecule has 4 bridgehead atoms. The van der Waals surface area contributed by atoms with Crippen molar-refractivity contribution in [3.8, 4) is 0 Å². The van der Waals surface area contributed by atoms with Crippen LogP contribution in [0, 0.1) is 23.7 Å². The fraction of sp³-hybridized carbons (Fsp3) is 0.829. The van der Waals surface area contributed by atoms with Gasteiger partial charge in [-0.2, -0.15) is 34.8 Å². The number of benzene rings is 1. The molecule has 4 fully saturated rings. The van der Waals surface area contributed by atoms with Crippen molar-refractivity contribution in [2.45, 2.75) is 158 Å². The predicted molar refractivity (Wildman–Crippen MR) is 167 cm³/mol. The van der Waals surface area contributed by atoms with E-state index >= 15 is 0 Å². The number of hydrogen-bond acceptors (Lipinski definition) is 4. The number of aliphatic hydroxyl groups is 1. The Morgan fingerprint density at radius 1 is 0.826 bits per heavy atom. The molecule has 4 nitrogen and oxygen atoms in total. The minimum Gasteiger partial charge on any atom is -0.369 e. The molecule has 4 aliphatic rings. The average molecular weight is 683 g/mol. The van der Waals surface area contributed by atoms with E-state index in [0.717, 1.165) is 70.6 Å². The molecule has 5 rings (SSSR count). The summed E-state index contributed by atoms with van der Waals surface area (Å²) in [6, 6.07) is 3.88. The predicted octanol–water partition coefficient (Wildman–Crippen LogP) is 10.3. The number of halogens is 6. The van der Waals surface area contributed by atoms with Crippen LogP contribution in [-0.2, 0) is 19.9 Å². The summed E-state index contributed by atoms with van der Waals surface area (Å²) in [5, 5.41) is 9.11. The molecule has 1 N–H and O–H groups in total. The third kappa shape index (κ3) is 8.10. The minimum absolute atomic E-state index is 0.0446. The number of alkyl halides is 6. The largest absolute Gasteiger partial charge is 0.430 e. The smallest absolute Gasteiger partial charge is 0.369 e. The van der Waals surface area contributed by atoms with Gasteiger partial charge in [0.1, 0.15) is 0 Å². The monoisotopic (exact) mass is 682 g/mol. The van der Waals surface area contributed by atoms with E-state index in [2.05, 4.69) is 6.92 Å². The Bertz CT molecular complexity index is 1200. The summed E-state index contributed by atoms with van der Waals surface area (Å²) in [6.45, 7) is 6.02. The molecule has 0 aliphatic heterocycles. The molecule has 4 saturated carbocycles. The molecule has 1 aromatic carbocycles. The van der Waals surface area contributed by atoms with E-state index in [-0.39, 0.29) is 5.92 Å².